The Balaban J connectivity index is 2.33. The maximum absolute atomic E-state index is 13.1. The molecule has 0 aliphatic heterocycles. The van der Waals surface area contributed by atoms with Gasteiger partial charge in [-0.3, -0.25) is 10.1 Å². The van der Waals surface area contributed by atoms with Crippen molar-refractivity contribution < 1.29 is 18.7 Å². The lowest BCUT2D eigenvalue weighted by molar-refractivity contribution is -0.116. The third kappa shape index (κ3) is 4.91. The normalized spacial score (nSPS) is 11.2. The molecule has 6 nitrogen and oxygen atoms in total. The van der Waals surface area contributed by atoms with Crippen LogP contribution in [0.15, 0.2) is 30.3 Å². The van der Waals surface area contributed by atoms with E-state index >= 15 is 0 Å². The zero-order valence-electron chi connectivity index (χ0n) is 14.1. The molecule has 0 aliphatic rings. The summed E-state index contributed by atoms with van der Waals surface area (Å²) in [6.07, 6.45) is -0.503. The molecule has 128 valence electrons. The summed E-state index contributed by atoms with van der Waals surface area (Å²) in [5.74, 6) is -0.0915. The Morgan fingerprint density at radius 2 is 1.88 bits per heavy atom. The van der Waals surface area contributed by atoms with Crippen LogP contribution in [-0.4, -0.2) is 27.3 Å². The first-order valence-electron chi connectivity index (χ1n) is 7.48. The molecule has 0 spiro atoms. The predicted molar refractivity (Wildman–Crippen MR) is 87.8 cm³/mol. The third-order valence-corrected chi connectivity index (χ3v) is 2.89. The molecule has 1 aromatic carbocycles. The van der Waals surface area contributed by atoms with Gasteiger partial charge in [-0.05, 0) is 52.0 Å². The van der Waals surface area contributed by atoms with Crippen molar-refractivity contribution in [1.29, 1.82) is 0 Å². The van der Waals surface area contributed by atoms with Crippen LogP contribution in [0.1, 0.15) is 33.4 Å². The monoisotopic (exact) mass is 333 g/mol. The van der Waals surface area contributed by atoms with Gasteiger partial charge in [0.05, 0.1) is 17.8 Å². The SMILES string of the molecule is CC(=O)Cc1cc(NC(=O)OC(C)(C)C)n(-c2ccc(F)cc2)n1. The molecule has 2 rings (SSSR count). The number of anilines is 1. The number of aromatic nitrogens is 2. The summed E-state index contributed by atoms with van der Waals surface area (Å²) in [6, 6.07) is 7.23. The third-order valence-electron chi connectivity index (χ3n) is 2.89. The molecule has 0 saturated heterocycles. The Morgan fingerprint density at radius 3 is 2.42 bits per heavy atom. The average molecular weight is 333 g/mol. The lowest BCUT2D eigenvalue weighted by atomic mass is 10.2. The van der Waals surface area contributed by atoms with Gasteiger partial charge in [-0.1, -0.05) is 0 Å². The summed E-state index contributed by atoms with van der Waals surface area (Å²) in [7, 11) is 0. The lowest BCUT2D eigenvalue weighted by Crippen LogP contribution is -2.27. The topological polar surface area (TPSA) is 73.2 Å². The molecule has 0 aliphatic carbocycles. The molecular formula is C17H20FN3O3. The number of halogens is 1. The summed E-state index contributed by atoms with van der Waals surface area (Å²) >= 11 is 0. The van der Waals surface area contributed by atoms with E-state index in [0.717, 1.165) is 0 Å². The van der Waals surface area contributed by atoms with Gasteiger partial charge in [0.15, 0.2) is 0 Å². The smallest absolute Gasteiger partial charge is 0.413 e. The highest BCUT2D eigenvalue weighted by Crippen LogP contribution is 2.19. The molecule has 0 radical (unpaired) electrons. The van der Waals surface area contributed by atoms with Crippen LogP contribution in [0.3, 0.4) is 0 Å². The van der Waals surface area contributed by atoms with Gasteiger partial charge in [-0.2, -0.15) is 5.10 Å². The van der Waals surface area contributed by atoms with Crippen LogP contribution < -0.4 is 5.32 Å². The lowest BCUT2D eigenvalue weighted by Gasteiger charge is -2.19. The van der Waals surface area contributed by atoms with Crippen LogP contribution in [0, 0.1) is 5.82 Å². The van der Waals surface area contributed by atoms with Gasteiger partial charge in [0.25, 0.3) is 0 Å². The van der Waals surface area contributed by atoms with E-state index in [4.69, 9.17) is 4.74 Å². The number of nitrogens with zero attached hydrogens (tertiary/aromatic N) is 2. The number of carbonyl (C=O) groups is 2. The van der Waals surface area contributed by atoms with Crippen LogP contribution in [-0.2, 0) is 16.0 Å². The maximum Gasteiger partial charge on any atom is 0.413 e. The van der Waals surface area contributed by atoms with E-state index < -0.39 is 11.7 Å². The summed E-state index contributed by atoms with van der Waals surface area (Å²) in [5, 5.41) is 6.91. The minimum absolute atomic E-state index is 0.0532. The molecule has 0 bridgehead atoms. The van der Waals surface area contributed by atoms with Crippen molar-refractivity contribution in [2.45, 2.75) is 39.7 Å². The molecule has 0 unspecified atom stereocenters. The second kappa shape index (κ2) is 6.82. The van der Waals surface area contributed by atoms with Gasteiger partial charge < -0.3 is 4.74 Å². The molecule has 1 N–H and O–H groups in total. The van der Waals surface area contributed by atoms with E-state index in [0.29, 0.717) is 17.2 Å². The largest absolute Gasteiger partial charge is 0.444 e. The van der Waals surface area contributed by atoms with Crippen molar-refractivity contribution in [3.8, 4) is 5.69 Å². The summed E-state index contributed by atoms with van der Waals surface area (Å²) in [6.45, 7) is 6.72. The molecule has 1 heterocycles. The van der Waals surface area contributed by atoms with E-state index in [-0.39, 0.29) is 18.0 Å². The zero-order chi connectivity index (χ0) is 17.9. The second-order valence-corrected chi connectivity index (χ2v) is 6.41. The maximum atomic E-state index is 13.1. The van der Waals surface area contributed by atoms with Crippen LogP contribution >= 0.6 is 0 Å². The second-order valence-electron chi connectivity index (χ2n) is 6.41. The highest BCUT2D eigenvalue weighted by molar-refractivity contribution is 5.85. The summed E-state index contributed by atoms with van der Waals surface area (Å²) in [4.78, 5) is 23.3. The Bertz CT molecular complexity index is 745. The minimum Gasteiger partial charge on any atom is -0.444 e. The summed E-state index contributed by atoms with van der Waals surface area (Å²) < 4.78 is 19.8. The van der Waals surface area contributed by atoms with Gasteiger partial charge >= 0.3 is 6.09 Å². The van der Waals surface area contributed by atoms with Crippen LogP contribution in [0.4, 0.5) is 15.0 Å². The van der Waals surface area contributed by atoms with Crippen molar-refractivity contribution >= 4 is 17.7 Å². The number of hydrogen-bond donors (Lipinski definition) is 1. The molecule has 0 saturated carbocycles. The molecule has 0 atom stereocenters. The molecule has 24 heavy (non-hydrogen) atoms. The van der Waals surface area contributed by atoms with Crippen molar-refractivity contribution in [3.63, 3.8) is 0 Å². The van der Waals surface area contributed by atoms with Crippen molar-refractivity contribution in [2.75, 3.05) is 5.32 Å². The fourth-order valence-corrected chi connectivity index (χ4v) is 2.05. The molecule has 0 fully saturated rings. The van der Waals surface area contributed by atoms with E-state index in [2.05, 4.69) is 10.4 Å². The van der Waals surface area contributed by atoms with Crippen molar-refractivity contribution in [1.82, 2.24) is 9.78 Å². The molecule has 7 heteroatoms. The fourth-order valence-electron chi connectivity index (χ4n) is 2.05. The number of amides is 1. The van der Waals surface area contributed by atoms with Gasteiger partial charge in [0.1, 0.15) is 23.0 Å². The number of benzene rings is 1. The van der Waals surface area contributed by atoms with Gasteiger partial charge in [-0.25, -0.2) is 13.9 Å². The average Bonchev–Trinajstić information content (AvgIpc) is 2.78. The minimum atomic E-state index is -0.646. The Morgan fingerprint density at radius 1 is 1.25 bits per heavy atom. The first kappa shape index (κ1) is 17.7. The summed E-state index contributed by atoms with van der Waals surface area (Å²) in [5.41, 5.74) is 0.405. The number of ether oxygens (including phenoxy) is 1. The van der Waals surface area contributed by atoms with Crippen molar-refractivity contribution in [2.24, 2.45) is 0 Å². The quantitative estimate of drug-likeness (QED) is 0.929. The van der Waals surface area contributed by atoms with Crippen LogP contribution in [0.5, 0.6) is 0 Å². The Kier molecular flexibility index (Phi) is 5.02. The van der Waals surface area contributed by atoms with Crippen molar-refractivity contribution in [3.05, 3.63) is 41.8 Å². The molecule has 2 aromatic rings. The van der Waals surface area contributed by atoms with E-state index in [1.807, 2.05) is 0 Å². The van der Waals surface area contributed by atoms with E-state index in [1.165, 1.54) is 35.9 Å². The number of rotatable bonds is 4. The Labute approximate surface area is 139 Å². The van der Waals surface area contributed by atoms with Gasteiger partial charge in [0, 0.05) is 6.07 Å². The van der Waals surface area contributed by atoms with Gasteiger partial charge in [-0.15, -0.1) is 0 Å². The number of Topliss-reactive ketones (excluding diaryl/α,β-unsaturated/α-hetero) is 1. The number of carbonyl (C=O) groups excluding carboxylic acids is 2. The Hall–Kier alpha value is -2.70. The first-order chi connectivity index (χ1) is 11.1. The van der Waals surface area contributed by atoms with E-state index in [9.17, 15) is 14.0 Å². The molecule has 1 aromatic heterocycles. The highest BCUT2D eigenvalue weighted by atomic mass is 19.1. The molecule has 1 amide bonds. The van der Waals surface area contributed by atoms with Crippen LogP contribution in [0.25, 0.3) is 5.69 Å². The number of nitrogens with one attached hydrogen (secondary N) is 1. The highest BCUT2D eigenvalue weighted by Gasteiger charge is 2.19. The predicted octanol–water partition coefficient (Wildman–Crippen LogP) is 3.49. The number of hydrogen-bond acceptors (Lipinski definition) is 4. The first-order valence-corrected chi connectivity index (χ1v) is 7.48. The van der Waals surface area contributed by atoms with E-state index in [1.54, 1.807) is 26.8 Å². The van der Waals surface area contributed by atoms with Crippen LogP contribution in [0.2, 0.25) is 0 Å². The standard InChI is InChI=1S/C17H20FN3O3/c1-11(22)9-13-10-15(19-16(23)24-17(2,3)4)21(20-13)14-7-5-12(18)6-8-14/h5-8,10H,9H2,1-4H3,(H,19,23). The fraction of sp³-hybridized carbons (Fsp3) is 0.353. The van der Waals surface area contributed by atoms with Gasteiger partial charge in [0.2, 0.25) is 0 Å². The molecular weight excluding hydrogens is 313 g/mol. The number of ketones is 1. The zero-order valence-corrected chi connectivity index (χ0v) is 14.1.